The molecule has 0 aliphatic heterocycles. The average Bonchev–Trinajstić information content (AvgIpc) is 3.12. The van der Waals surface area contributed by atoms with Gasteiger partial charge in [-0.2, -0.15) is 0 Å². The first-order chi connectivity index (χ1) is 24.9. The van der Waals surface area contributed by atoms with Crippen LogP contribution in [-0.2, 0) is 30.5 Å². The topological polar surface area (TPSA) is 102 Å². The van der Waals surface area contributed by atoms with Gasteiger partial charge in [0.2, 0.25) is 11.8 Å². The van der Waals surface area contributed by atoms with Gasteiger partial charge >= 0.3 is 11.9 Å². The molecule has 2 rings (SSSR count). The Kier molecular flexibility index (Phi) is 24.3. The molecule has 0 saturated carbocycles. The van der Waals surface area contributed by atoms with Crippen molar-refractivity contribution in [2.45, 2.75) is 213 Å². The summed E-state index contributed by atoms with van der Waals surface area (Å²) in [6.45, 7) is 8.90. The summed E-state index contributed by atoms with van der Waals surface area (Å²) in [5, 5.41) is 22.0. The molecule has 7 nitrogen and oxygen atoms in total. The van der Waals surface area contributed by atoms with Crippen LogP contribution in [0.15, 0.2) is 24.5 Å². The third-order valence-electron chi connectivity index (χ3n) is 10.1. The summed E-state index contributed by atoms with van der Waals surface area (Å²) in [4.78, 5) is 21.8. The molecule has 0 fully saturated rings. The van der Waals surface area contributed by atoms with Gasteiger partial charge in [0, 0.05) is 23.5 Å². The number of ether oxygens (including phenoxy) is 2. The van der Waals surface area contributed by atoms with Crippen LogP contribution in [0.1, 0.15) is 204 Å². The molecule has 0 atom stereocenters. The summed E-state index contributed by atoms with van der Waals surface area (Å²) >= 11 is 0. The highest BCUT2D eigenvalue weighted by molar-refractivity contribution is 5.74. The van der Waals surface area contributed by atoms with Crippen molar-refractivity contribution in [1.29, 1.82) is 0 Å². The number of hydrogen-bond acceptors (Lipinski definition) is 6. The molecule has 51 heavy (non-hydrogen) atoms. The lowest BCUT2D eigenvalue weighted by atomic mass is 9.97. The van der Waals surface area contributed by atoms with Crippen LogP contribution in [-0.4, -0.2) is 32.1 Å². The van der Waals surface area contributed by atoms with Crippen LogP contribution in [0.25, 0.3) is 0 Å². The molecule has 2 heterocycles. The standard InChI is InChI=1S/C44H74N2O5/c1-5-9-13-17-21-25-29-37-33-35-45-41(39(37)31-27-23-19-15-11-7-3)50-44(49,43(47)48)51-42-40(32-28-24-20-16-12-8-4)38(34-36-46-42)30-26-22-18-14-10-6-2/h33-36,49H,5-32H2,1-4H3,(H,47,48). The van der Waals surface area contributed by atoms with E-state index in [0.29, 0.717) is 12.8 Å². The Morgan fingerprint density at radius 1 is 0.510 bits per heavy atom. The molecule has 0 bridgehead atoms. The summed E-state index contributed by atoms with van der Waals surface area (Å²) in [6.07, 6.45) is 34.5. The number of aliphatic hydroxyl groups is 1. The number of aliphatic carboxylic acids is 1. The van der Waals surface area contributed by atoms with Gasteiger partial charge in [-0.05, 0) is 74.6 Å². The van der Waals surface area contributed by atoms with E-state index in [1.54, 1.807) is 12.4 Å². The minimum atomic E-state index is -2.97. The van der Waals surface area contributed by atoms with E-state index >= 15 is 0 Å². The molecular weight excluding hydrogens is 636 g/mol. The highest BCUT2D eigenvalue weighted by atomic mass is 16.8. The zero-order valence-electron chi connectivity index (χ0n) is 33.1. The Morgan fingerprint density at radius 3 is 1.12 bits per heavy atom. The first-order valence-corrected chi connectivity index (χ1v) is 21.2. The largest absolute Gasteiger partial charge is 0.477 e. The van der Waals surface area contributed by atoms with E-state index in [0.717, 1.165) is 86.5 Å². The number of aryl methyl sites for hydroxylation is 2. The van der Waals surface area contributed by atoms with Crippen molar-refractivity contribution in [3.8, 4) is 11.8 Å². The minimum absolute atomic E-state index is 0.137. The SMILES string of the molecule is CCCCCCCCc1ccnc(OC(O)(Oc2nccc(CCCCCCCC)c2CCCCCCCC)C(=O)O)c1CCCCCCCC. The van der Waals surface area contributed by atoms with Gasteiger partial charge in [0.15, 0.2) is 0 Å². The summed E-state index contributed by atoms with van der Waals surface area (Å²) in [7, 11) is 0. The van der Waals surface area contributed by atoms with Crippen LogP contribution in [0, 0.1) is 0 Å². The number of carbonyl (C=O) groups is 1. The maximum Gasteiger partial charge on any atom is 0.477 e. The molecule has 2 aromatic heterocycles. The van der Waals surface area contributed by atoms with Crippen molar-refractivity contribution in [3.63, 3.8) is 0 Å². The quantitative estimate of drug-likeness (QED) is 0.0561. The number of aromatic nitrogens is 2. The number of rotatable bonds is 33. The van der Waals surface area contributed by atoms with Crippen LogP contribution in [0.5, 0.6) is 11.8 Å². The molecule has 0 amide bonds. The van der Waals surface area contributed by atoms with Gasteiger partial charge in [-0.15, -0.1) is 0 Å². The summed E-state index contributed by atoms with van der Waals surface area (Å²) in [6, 6.07) is 4.05. The molecule has 7 heteroatoms. The summed E-state index contributed by atoms with van der Waals surface area (Å²) in [5.41, 5.74) is 3.98. The van der Waals surface area contributed by atoms with Gasteiger partial charge in [0.1, 0.15) is 0 Å². The van der Waals surface area contributed by atoms with E-state index in [1.807, 2.05) is 12.1 Å². The second-order valence-corrected chi connectivity index (χ2v) is 14.7. The molecule has 0 aliphatic rings. The van der Waals surface area contributed by atoms with E-state index < -0.39 is 11.9 Å². The number of carboxylic acids is 1. The van der Waals surface area contributed by atoms with Gasteiger partial charge in [-0.1, -0.05) is 156 Å². The Hall–Kier alpha value is -2.67. The van der Waals surface area contributed by atoms with E-state index in [1.165, 1.54) is 103 Å². The van der Waals surface area contributed by atoms with Crippen LogP contribution in [0.3, 0.4) is 0 Å². The van der Waals surface area contributed by atoms with Crippen molar-refractivity contribution >= 4 is 5.97 Å². The fourth-order valence-corrected chi connectivity index (χ4v) is 6.93. The van der Waals surface area contributed by atoms with Gasteiger partial charge in [0.25, 0.3) is 0 Å². The lowest BCUT2D eigenvalue weighted by molar-refractivity contribution is -0.272. The zero-order chi connectivity index (χ0) is 37.0. The second-order valence-electron chi connectivity index (χ2n) is 14.7. The number of carboxylic acid groups (broad SMARTS) is 1. The molecule has 0 spiro atoms. The Labute approximate surface area is 311 Å². The Balaban J connectivity index is 2.33. The number of pyridine rings is 2. The Bertz CT molecular complexity index is 1100. The zero-order valence-corrected chi connectivity index (χ0v) is 33.1. The molecule has 0 aromatic carbocycles. The predicted octanol–water partition coefficient (Wildman–Crippen LogP) is 12.3. The third kappa shape index (κ3) is 18.1. The van der Waals surface area contributed by atoms with E-state index in [9.17, 15) is 15.0 Å². The number of hydrogen-bond donors (Lipinski definition) is 2. The monoisotopic (exact) mass is 711 g/mol. The van der Waals surface area contributed by atoms with Crippen LogP contribution < -0.4 is 9.47 Å². The molecule has 0 unspecified atom stereocenters. The smallest absolute Gasteiger partial charge is 0.473 e. The summed E-state index contributed by atoms with van der Waals surface area (Å²) < 4.78 is 12.0. The molecule has 0 aliphatic carbocycles. The molecule has 0 saturated heterocycles. The lowest BCUT2D eigenvalue weighted by Gasteiger charge is -2.27. The van der Waals surface area contributed by atoms with E-state index in [2.05, 4.69) is 37.7 Å². The maximum atomic E-state index is 12.8. The fourth-order valence-electron chi connectivity index (χ4n) is 6.93. The lowest BCUT2D eigenvalue weighted by Crippen LogP contribution is -2.50. The van der Waals surface area contributed by atoms with Crippen LogP contribution in [0.4, 0.5) is 0 Å². The van der Waals surface area contributed by atoms with E-state index in [-0.39, 0.29) is 11.8 Å². The summed E-state index contributed by atoms with van der Waals surface area (Å²) in [5.74, 6) is -4.32. The first kappa shape index (κ1) is 44.5. The molecule has 2 N–H and O–H groups in total. The molecular formula is C44H74N2O5. The highest BCUT2D eigenvalue weighted by Gasteiger charge is 2.45. The first-order valence-electron chi connectivity index (χ1n) is 21.2. The second kappa shape index (κ2) is 27.9. The Morgan fingerprint density at radius 2 is 0.804 bits per heavy atom. The number of nitrogens with zero attached hydrogens (tertiary/aromatic N) is 2. The van der Waals surface area contributed by atoms with Crippen molar-refractivity contribution in [2.24, 2.45) is 0 Å². The third-order valence-corrected chi connectivity index (χ3v) is 10.1. The average molecular weight is 711 g/mol. The van der Waals surface area contributed by atoms with Crippen molar-refractivity contribution in [3.05, 3.63) is 46.8 Å². The van der Waals surface area contributed by atoms with Crippen molar-refractivity contribution in [2.75, 3.05) is 0 Å². The van der Waals surface area contributed by atoms with Gasteiger partial charge in [-0.25, -0.2) is 14.8 Å². The van der Waals surface area contributed by atoms with Gasteiger partial charge < -0.3 is 19.7 Å². The maximum absolute atomic E-state index is 12.8. The normalized spacial score (nSPS) is 11.6. The molecule has 2 aromatic rings. The van der Waals surface area contributed by atoms with Crippen LogP contribution >= 0.6 is 0 Å². The van der Waals surface area contributed by atoms with Gasteiger partial charge in [0.05, 0.1) is 0 Å². The molecule has 290 valence electrons. The number of unbranched alkanes of at least 4 members (excludes halogenated alkanes) is 20. The van der Waals surface area contributed by atoms with Gasteiger partial charge in [-0.3, -0.25) is 0 Å². The highest BCUT2D eigenvalue weighted by Crippen LogP contribution is 2.31. The van der Waals surface area contributed by atoms with Crippen molar-refractivity contribution < 1.29 is 24.5 Å². The van der Waals surface area contributed by atoms with E-state index in [4.69, 9.17) is 9.47 Å². The fraction of sp³-hybridized carbons (Fsp3) is 0.750. The van der Waals surface area contributed by atoms with Crippen molar-refractivity contribution in [1.82, 2.24) is 9.97 Å². The minimum Gasteiger partial charge on any atom is -0.473 e. The van der Waals surface area contributed by atoms with Crippen LogP contribution in [0.2, 0.25) is 0 Å². The molecule has 0 radical (unpaired) electrons. The predicted molar refractivity (Wildman–Crippen MR) is 211 cm³/mol.